The van der Waals surface area contributed by atoms with Gasteiger partial charge in [-0.3, -0.25) is 0 Å². The zero-order chi connectivity index (χ0) is 10.7. The third kappa shape index (κ3) is 2.05. The van der Waals surface area contributed by atoms with Crippen molar-refractivity contribution in [2.45, 2.75) is 25.8 Å². The van der Waals surface area contributed by atoms with Gasteiger partial charge in [0.1, 0.15) is 0 Å². The number of likely N-dealkylation sites (N-methyl/N-ethyl adjacent to an activating group) is 1. The van der Waals surface area contributed by atoms with Gasteiger partial charge in [-0.25, -0.2) is 0 Å². The van der Waals surface area contributed by atoms with Crippen LogP contribution in [-0.4, -0.2) is 18.1 Å². The maximum Gasteiger partial charge on any atom is 0.0456 e. The van der Waals surface area contributed by atoms with Crippen molar-refractivity contribution in [1.29, 1.82) is 0 Å². The molecular weight excluding hydrogens is 184 g/mol. The van der Waals surface area contributed by atoms with Crippen LogP contribution >= 0.6 is 0 Å². The molecule has 0 fully saturated rings. The van der Waals surface area contributed by atoms with Crippen LogP contribution in [0.3, 0.4) is 0 Å². The van der Waals surface area contributed by atoms with Gasteiger partial charge in [-0.15, -0.1) is 0 Å². The number of hydrogen-bond acceptors (Lipinski definition) is 1. The van der Waals surface area contributed by atoms with Crippen molar-refractivity contribution in [3.05, 3.63) is 36.0 Å². The smallest absolute Gasteiger partial charge is 0.0456 e. The Kier molecular flexibility index (Phi) is 3.07. The molecule has 0 aliphatic heterocycles. The summed E-state index contributed by atoms with van der Waals surface area (Å²) in [5, 5.41) is 4.69. The highest BCUT2D eigenvalue weighted by Gasteiger charge is 2.08. The van der Waals surface area contributed by atoms with Crippen LogP contribution < -0.4 is 5.32 Å². The van der Waals surface area contributed by atoms with Gasteiger partial charge in [-0.05, 0) is 31.5 Å². The fraction of sp³-hybridized carbons (Fsp3) is 0.385. The van der Waals surface area contributed by atoms with Crippen molar-refractivity contribution in [1.82, 2.24) is 10.3 Å². The molecule has 1 heterocycles. The lowest BCUT2D eigenvalue weighted by molar-refractivity contribution is 0.545. The van der Waals surface area contributed by atoms with Crippen LogP contribution in [-0.2, 0) is 6.42 Å². The molecule has 0 unspecified atom stereocenters. The lowest BCUT2D eigenvalue weighted by Gasteiger charge is -2.12. The first-order chi connectivity index (χ1) is 7.35. The molecule has 0 radical (unpaired) electrons. The van der Waals surface area contributed by atoms with Gasteiger partial charge in [0.25, 0.3) is 0 Å². The summed E-state index contributed by atoms with van der Waals surface area (Å²) >= 11 is 0. The molecule has 0 saturated carbocycles. The number of rotatable bonds is 4. The highest BCUT2D eigenvalue weighted by Crippen LogP contribution is 2.19. The third-order valence-electron chi connectivity index (χ3n) is 3.04. The number of aromatic amines is 1. The van der Waals surface area contributed by atoms with Crippen molar-refractivity contribution < 1.29 is 0 Å². The number of H-pyrrole nitrogens is 1. The average molecular weight is 202 g/mol. The van der Waals surface area contributed by atoms with Crippen molar-refractivity contribution in [2.75, 3.05) is 7.05 Å². The molecule has 2 rings (SSSR count). The van der Waals surface area contributed by atoms with Gasteiger partial charge in [0.05, 0.1) is 0 Å². The second-order valence-electron chi connectivity index (χ2n) is 3.96. The second-order valence-corrected chi connectivity index (χ2v) is 3.96. The zero-order valence-electron chi connectivity index (χ0n) is 9.38. The summed E-state index contributed by atoms with van der Waals surface area (Å²) in [7, 11) is 2.03. The summed E-state index contributed by atoms with van der Waals surface area (Å²) in [6, 6.07) is 9.05. The van der Waals surface area contributed by atoms with E-state index in [-0.39, 0.29) is 0 Å². The van der Waals surface area contributed by atoms with Crippen LogP contribution in [0.15, 0.2) is 30.5 Å². The number of aromatic nitrogens is 1. The second kappa shape index (κ2) is 4.49. The van der Waals surface area contributed by atoms with E-state index >= 15 is 0 Å². The Hall–Kier alpha value is -1.28. The third-order valence-corrected chi connectivity index (χ3v) is 3.04. The summed E-state index contributed by atoms with van der Waals surface area (Å²) in [6.45, 7) is 2.22. The highest BCUT2D eigenvalue weighted by molar-refractivity contribution is 5.83. The fourth-order valence-corrected chi connectivity index (χ4v) is 2.02. The molecule has 0 saturated heterocycles. The fourth-order valence-electron chi connectivity index (χ4n) is 2.02. The quantitative estimate of drug-likeness (QED) is 0.784. The molecule has 2 aromatic rings. The summed E-state index contributed by atoms with van der Waals surface area (Å²) in [6.07, 6.45) is 4.39. The largest absolute Gasteiger partial charge is 0.361 e. The first kappa shape index (κ1) is 10.2. The van der Waals surface area contributed by atoms with E-state index in [9.17, 15) is 0 Å². The maximum atomic E-state index is 3.34. The molecule has 2 nitrogen and oxygen atoms in total. The van der Waals surface area contributed by atoms with Crippen LogP contribution in [0.25, 0.3) is 10.9 Å². The van der Waals surface area contributed by atoms with E-state index in [4.69, 9.17) is 0 Å². The molecular formula is C13H18N2. The van der Waals surface area contributed by atoms with E-state index < -0.39 is 0 Å². The van der Waals surface area contributed by atoms with Crippen LogP contribution in [0.4, 0.5) is 0 Å². The molecule has 1 aromatic carbocycles. The van der Waals surface area contributed by atoms with E-state index in [1.807, 2.05) is 7.05 Å². The van der Waals surface area contributed by atoms with Crippen LogP contribution in [0.2, 0.25) is 0 Å². The van der Waals surface area contributed by atoms with Crippen molar-refractivity contribution >= 4 is 10.9 Å². The standard InChI is InChI=1S/C13H18N2/c1-3-11(14-2)8-10-9-15-13-7-5-4-6-12(10)13/h4-7,9,11,14-15H,3,8H2,1-2H3/t11-/m1/s1. The molecule has 0 aliphatic rings. The van der Waals surface area contributed by atoms with E-state index in [1.165, 1.54) is 16.5 Å². The Balaban J connectivity index is 2.28. The van der Waals surface area contributed by atoms with E-state index in [0.717, 1.165) is 12.8 Å². The minimum Gasteiger partial charge on any atom is -0.361 e. The van der Waals surface area contributed by atoms with Gasteiger partial charge >= 0.3 is 0 Å². The van der Waals surface area contributed by atoms with Crippen LogP contribution in [0, 0.1) is 0 Å². The van der Waals surface area contributed by atoms with Crippen LogP contribution in [0.1, 0.15) is 18.9 Å². The summed E-state index contributed by atoms with van der Waals surface area (Å²) in [5.74, 6) is 0. The monoisotopic (exact) mass is 202 g/mol. The predicted molar refractivity (Wildman–Crippen MR) is 65.1 cm³/mol. The first-order valence-electron chi connectivity index (χ1n) is 5.57. The van der Waals surface area contributed by atoms with Crippen molar-refractivity contribution in [2.24, 2.45) is 0 Å². The van der Waals surface area contributed by atoms with E-state index in [0.29, 0.717) is 6.04 Å². The lowest BCUT2D eigenvalue weighted by Crippen LogP contribution is -2.26. The molecule has 1 aromatic heterocycles. The maximum absolute atomic E-state index is 3.34. The molecule has 2 heteroatoms. The van der Waals surface area contributed by atoms with Crippen LogP contribution in [0.5, 0.6) is 0 Å². The van der Waals surface area contributed by atoms with E-state index in [2.05, 4.69) is 47.7 Å². The molecule has 80 valence electrons. The average Bonchev–Trinajstić information content (AvgIpc) is 2.69. The molecule has 0 bridgehead atoms. The van der Waals surface area contributed by atoms with Gasteiger partial charge < -0.3 is 10.3 Å². The molecule has 15 heavy (non-hydrogen) atoms. The minimum atomic E-state index is 0.573. The Labute approximate surface area is 90.7 Å². The number of hydrogen-bond donors (Lipinski definition) is 2. The number of para-hydroxylation sites is 1. The molecule has 0 spiro atoms. The minimum absolute atomic E-state index is 0.573. The Bertz CT molecular complexity index is 427. The van der Waals surface area contributed by atoms with Gasteiger partial charge in [0, 0.05) is 23.1 Å². The molecule has 0 amide bonds. The number of fused-ring (bicyclic) bond motifs is 1. The topological polar surface area (TPSA) is 27.8 Å². The van der Waals surface area contributed by atoms with E-state index in [1.54, 1.807) is 0 Å². The van der Waals surface area contributed by atoms with Gasteiger partial charge in [-0.1, -0.05) is 25.1 Å². The van der Waals surface area contributed by atoms with Gasteiger partial charge in [-0.2, -0.15) is 0 Å². The van der Waals surface area contributed by atoms with Gasteiger partial charge in [0.2, 0.25) is 0 Å². The SMILES string of the molecule is CC[C@H](Cc1c[nH]c2ccccc12)NC. The first-order valence-corrected chi connectivity index (χ1v) is 5.57. The number of nitrogens with one attached hydrogen (secondary N) is 2. The highest BCUT2D eigenvalue weighted by atomic mass is 14.9. The molecule has 1 atom stereocenters. The predicted octanol–water partition coefficient (Wildman–Crippen LogP) is 2.71. The number of benzene rings is 1. The molecule has 0 aliphatic carbocycles. The summed E-state index contributed by atoms with van der Waals surface area (Å²) < 4.78 is 0. The Morgan fingerprint density at radius 1 is 1.33 bits per heavy atom. The zero-order valence-corrected chi connectivity index (χ0v) is 9.38. The summed E-state index contributed by atoms with van der Waals surface area (Å²) in [5.41, 5.74) is 2.64. The Morgan fingerprint density at radius 3 is 2.87 bits per heavy atom. The summed E-state index contributed by atoms with van der Waals surface area (Å²) in [4.78, 5) is 3.31. The Morgan fingerprint density at radius 2 is 2.13 bits per heavy atom. The molecule has 2 N–H and O–H groups in total. The van der Waals surface area contributed by atoms with Gasteiger partial charge in [0.15, 0.2) is 0 Å². The van der Waals surface area contributed by atoms with Crippen molar-refractivity contribution in [3.8, 4) is 0 Å². The normalized spacial score (nSPS) is 13.2. The van der Waals surface area contributed by atoms with Crippen molar-refractivity contribution in [3.63, 3.8) is 0 Å². The lowest BCUT2D eigenvalue weighted by atomic mass is 10.0.